The monoisotopic (exact) mass is 287 g/mol. The van der Waals surface area contributed by atoms with Gasteiger partial charge in [0.15, 0.2) is 0 Å². The molecular formula is C15H17N3O3. The van der Waals surface area contributed by atoms with Gasteiger partial charge in [-0.05, 0) is 31.9 Å². The quantitative estimate of drug-likeness (QED) is 0.932. The number of imidazole rings is 1. The van der Waals surface area contributed by atoms with E-state index in [2.05, 4.69) is 4.98 Å². The lowest BCUT2D eigenvalue weighted by atomic mass is 10.1. The summed E-state index contributed by atoms with van der Waals surface area (Å²) in [6.45, 7) is 2.55. The highest BCUT2D eigenvalue weighted by atomic mass is 16.4. The van der Waals surface area contributed by atoms with Crippen LogP contribution >= 0.6 is 0 Å². The Morgan fingerprint density at radius 1 is 1.43 bits per heavy atom. The van der Waals surface area contributed by atoms with Crippen LogP contribution < -0.4 is 0 Å². The number of likely N-dealkylation sites (tertiary alicyclic amines) is 1. The summed E-state index contributed by atoms with van der Waals surface area (Å²) in [4.78, 5) is 29.5. The van der Waals surface area contributed by atoms with Crippen LogP contribution in [0.2, 0.25) is 0 Å². The predicted molar refractivity (Wildman–Crippen MR) is 76.2 cm³/mol. The van der Waals surface area contributed by atoms with E-state index in [4.69, 9.17) is 5.11 Å². The zero-order valence-corrected chi connectivity index (χ0v) is 11.8. The number of carbonyl (C=O) groups is 2. The van der Waals surface area contributed by atoms with Crippen molar-refractivity contribution in [1.29, 1.82) is 0 Å². The third kappa shape index (κ3) is 2.49. The topological polar surface area (TPSA) is 74.9 Å². The molecule has 0 aromatic carbocycles. The molecule has 2 aromatic heterocycles. The highest BCUT2D eigenvalue weighted by Gasteiger charge is 2.32. The van der Waals surface area contributed by atoms with Crippen LogP contribution in [0.5, 0.6) is 0 Å². The molecule has 110 valence electrons. The average Bonchev–Trinajstić information content (AvgIpc) is 3.04. The first kappa shape index (κ1) is 13.6. The fraction of sp³-hybridized carbons (Fsp3) is 0.400. The van der Waals surface area contributed by atoms with Gasteiger partial charge in [0, 0.05) is 24.5 Å². The summed E-state index contributed by atoms with van der Waals surface area (Å²) >= 11 is 0. The molecule has 0 bridgehead atoms. The Labute approximate surface area is 122 Å². The first-order valence-electron chi connectivity index (χ1n) is 7.04. The number of hydrogen-bond acceptors (Lipinski definition) is 3. The number of carboxylic acid groups (broad SMARTS) is 1. The Hall–Kier alpha value is -2.37. The number of pyridine rings is 1. The largest absolute Gasteiger partial charge is 0.481 e. The molecule has 0 saturated carbocycles. The molecule has 6 nitrogen and oxygen atoms in total. The van der Waals surface area contributed by atoms with E-state index in [0.29, 0.717) is 12.2 Å². The molecular weight excluding hydrogens is 270 g/mol. The summed E-state index contributed by atoms with van der Waals surface area (Å²) in [5.41, 5.74) is 2.11. The number of aryl methyl sites for hydroxylation is 1. The molecule has 21 heavy (non-hydrogen) atoms. The number of hydrogen-bond donors (Lipinski definition) is 1. The van der Waals surface area contributed by atoms with E-state index >= 15 is 0 Å². The first-order chi connectivity index (χ1) is 10.1. The standard InChI is InChI=1S/C15H17N3O3/c1-10-4-2-6-13-16-12(9-18(10)13)15(21)17-7-3-5-11(17)8-14(19)20/h2,4,6,9,11H,3,5,7-8H2,1H3,(H,19,20). The highest BCUT2D eigenvalue weighted by Crippen LogP contribution is 2.22. The summed E-state index contributed by atoms with van der Waals surface area (Å²) in [5, 5.41) is 8.94. The Bertz CT molecular complexity index is 707. The lowest BCUT2D eigenvalue weighted by molar-refractivity contribution is -0.137. The van der Waals surface area contributed by atoms with Crippen LogP contribution in [0.1, 0.15) is 35.4 Å². The summed E-state index contributed by atoms with van der Waals surface area (Å²) in [5.74, 6) is -1.05. The SMILES string of the molecule is Cc1cccc2nc(C(=O)N3CCCC3CC(=O)O)cn12. The van der Waals surface area contributed by atoms with Crippen LogP contribution in [0.25, 0.3) is 5.65 Å². The zero-order chi connectivity index (χ0) is 15.0. The minimum Gasteiger partial charge on any atom is -0.481 e. The Balaban J connectivity index is 1.89. The van der Waals surface area contributed by atoms with Gasteiger partial charge in [-0.1, -0.05) is 6.07 Å². The molecule has 1 unspecified atom stereocenters. The van der Waals surface area contributed by atoms with E-state index in [0.717, 1.165) is 24.2 Å². The van der Waals surface area contributed by atoms with Crippen molar-refractivity contribution in [2.24, 2.45) is 0 Å². The molecule has 1 atom stereocenters. The molecule has 3 heterocycles. The Morgan fingerprint density at radius 3 is 2.95 bits per heavy atom. The molecule has 3 rings (SSSR count). The van der Waals surface area contributed by atoms with E-state index < -0.39 is 5.97 Å². The van der Waals surface area contributed by atoms with Crippen LogP contribution in [-0.2, 0) is 4.79 Å². The van der Waals surface area contributed by atoms with Crippen molar-refractivity contribution >= 4 is 17.5 Å². The molecule has 0 radical (unpaired) electrons. The van der Waals surface area contributed by atoms with Gasteiger partial charge in [-0.3, -0.25) is 9.59 Å². The zero-order valence-electron chi connectivity index (χ0n) is 11.8. The number of rotatable bonds is 3. The van der Waals surface area contributed by atoms with E-state index in [1.165, 1.54) is 0 Å². The van der Waals surface area contributed by atoms with Crippen LogP contribution in [-0.4, -0.2) is 43.9 Å². The van der Waals surface area contributed by atoms with Gasteiger partial charge in [-0.2, -0.15) is 0 Å². The van der Waals surface area contributed by atoms with Crippen molar-refractivity contribution in [2.75, 3.05) is 6.54 Å². The minimum absolute atomic E-state index is 0.00185. The summed E-state index contributed by atoms with van der Waals surface area (Å²) in [7, 11) is 0. The third-order valence-corrected chi connectivity index (χ3v) is 3.96. The number of aromatic nitrogens is 2. The summed E-state index contributed by atoms with van der Waals surface area (Å²) in [6.07, 6.45) is 3.31. The second-order valence-electron chi connectivity index (χ2n) is 5.41. The van der Waals surface area contributed by atoms with Gasteiger partial charge in [0.05, 0.1) is 6.42 Å². The van der Waals surface area contributed by atoms with Crippen molar-refractivity contribution in [3.05, 3.63) is 35.8 Å². The minimum atomic E-state index is -0.870. The molecule has 0 spiro atoms. The van der Waals surface area contributed by atoms with Gasteiger partial charge >= 0.3 is 5.97 Å². The Kier molecular flexibility index (Phi) is 3.37. The molecule has 6 heteroatoms. The molecule has 0 aliphatic carbocycles. The molecule has 1 fully saturated rings. The predicted octanol–water partition coefficient (Wildman–Crippen LogP) is 1.72. The van der Waals surface area contributed by atoms with Gasteiger partial charge in [0.1, 0.15) is 11.3 Å². The summed E-state index contributed by atoms with van der Waals surface area (Å²) in [6, 6.07) is 5.48. The molecule has 1 aliphatic rings. The number of nitrogens with zero attached hydrogens (tertiary/aromatic N) is 3. The number of amides is 1. The highest BCUT2D eigenvalue weighted by molar-refractivity contribution is 5.93. The van der Waals surface area contributed by atoms with Crippen molar-refractivity contribution in [3.63, 3.8) is 0 Å². The number of aliphatic carboxylic acids is 1. The smallest absolute Gasteiger partial charge is 0.305 e. The molecule has 1 saturated heterocycles. The number of carboxylic acids is 1. The maximum atomic E-state index is 12.6. The van der Waals surface area contributed by atoms with Crippen molar-refractivity contribution in [2.45, 2.75) is 32.2 Å². The average molecular weight is 287 g/mol. The van der Waals surface area contributed by atoms with E-state index in [9.17, 15) is 9.59 Å². The van der Waals surface area contributed by atoms with Crippen LogP contribution in [0.3, 0.4) is 0 Å². The molecule has 2 aromatic rings. The maximum Gasteiger partial charge on any atom is 0.305 e. The molecule has 1 amide bonds. The van der Waals surface area contributed by atoms with Gasteiger partial charge in [0.25, 0.3) is 5.91 Å². The van der Waals surface area contributed by atoms with Crippen molar-refractivity contribution < 1.29 is 14.7 Å². The van der Waals surface area contributed by atoms with Gasteiger partial charge < -0.3 is 14.4 Å². The molecule has 1 aliphatic heterocycles. The fourth-order valence-electron chi connectivity index (χ4n) is 2.92. The van der Waals surface area contributed by atoms with Crippen LogP contribution in [0.15, 0.2) is 24.4 Å². The van der Waals surface area contributed by atoms with Gasteiger partial charge in [-0.15, -0.1) is 0 Å². The Morgan fingerprint density at radius 2 is 2.24 bits per heavy atom. The fourth-order valence-corrected chi connectivity index (χ4v) is 2.92. The van der Waals surface area contributed by atoms with E-state index in [-0.39, 0.29) is 18.4 Å². The van der Waals surface area contributed by atoms with E-state index in [1.807, 2.05) is 29.5 Å². The molecule has 1 N–H and O–H groups in total. The lowest BCUT2D eigenvalue weighted by Gasteiger charge is -2.22. The first-order valence-corrected chi connectivity index (χ1v) is 7.04. The van der Waals surface area contributed by atoms with Gasteiger partial charge in [0.2, 0.25) is 0 Å². The second-order valence-corrected chi connectivity index (χ2v) is 5.41. The maximum absolute atomic E-state index is 12.6. The number of fused-ring (bicyclic) bond motifs is 1. The van der Waals surface area contributed by atoms with Gasteiger partial charge in [-0.25, -0.2) is 4.98 Å². The van der Waals surface area contributed by atoms with Crippen LogP contribution in [0, 0.1) is 6.92 Å². The van der Waals surface area contributed by atoms with Crippen LogP contribution in [0.4, 0.5) is 0 Å². The van der Waals surface area contributed by atoms with E-state index in [1.54, 1.807) is 11.1 Å². The van der Waals surface area contributed by atoms with Crippen molar-refractivity contribution in [3.8, 4) is 0 Å². The third-order valence-electron chi connectivity index (χ3n) is 3.96. The normalized spacial score (nSPS) is 18.3. The number of carbonyl (C=O) groups excluding carboxylic acids is 1. The lowest BCUT2D eigenvalue weighted by Crippen LogP contribution is -2.37. The summed E-state index contributed by atoms with van der Waals surface area (Å²) < 4.78 is 1.87. The van der Waals surface area contributed by atoms with Crippen molar-refractivity contribution in [1.82, 2.24) is 14.3 Å². The second kappa shape index (κ2) is 5.20.